The predicted molar refractivity (Wildman–Crippen MR) is 74.9 cm³/mol. The number of likely N-dealkylation sites (N-methyl/N-ethyl adjacent to an activating group) is 2. The number of fused-ring (bicyclic) bond motifs is 1. The van der Waals surface area contributed by atoms with Gasteiger partial charge in [0, 0.05) is 37.7 Å². The minimum Gasteiger partial charge on any atom is -0.370 e. The molecule has 0 saturated heterocycles. The zero-order valence-electron chi connectivity index (χ0n) is 10.7. The van der Waals surface area contributed by atoms with Crippen molar-refractivity contribution in [2.45, 2.75) is 25.9 Å². The highest BCUT2D eigenvalue weighted by atomic mass is 35.5. The number of rotatable bonds is 3. The van der Waals surface area contributed by atoms with Gasteiger partial charge in [0.05, 0.1) is 0 Å². The summed E-state index contributed by atoms with van der Waals surface area (Å²) >= 11 is 5.93. The van der Waals surface area contributed by atoms with Gasteiger partial charge in [-0.25, -0.2) is 0 Å². The summed E-state index contributed by atoms with van der Waals surface area (Å²) in [4.78, 5) is 4.90. The Kier molecular flexibility index (Phi) is 4.30. The van der Waals surface area contributed by atoms with Crippen molar-refractivity contribution < 1.29 is 0 Å². The molecule has 1 unspecified atom stereocenters. The van der Waals surface area contributed by atoms with E-state index in [0.29, 0.717) is 6.04 Å². The lowest BCUT2D eigenvalue weighted by Gasteiger charge is -2.30. The predicted octanol–water partition coefficient (Wildman–Crippen LogP) is 2.96. The summed E-state index contributed by atoms with van der Waals surface area (Å²) in [7, 11) is 2.19. The fourth-order valence-electron chi connectivity index (χ4n) is 2.56. The molecule has 0 bridgehead atoms. The highest BCUT2D eigenvalue weighted by Gasteiger charge is 2.24. The van der Waals surface area contributed by atoms with Gasteiger partial charge in [-0.3, -0.25) is 4.90 Å². The van der Waals surface area contributed by atoms with E-state index >= 15 is 0 Å². The van der Waals surface area contributed by atoms with Gasteiger partial charge in [0.15, 0.2) is 0 Å². The standard InChI is InChI=1S/C14H21ClN2/c1-3-17-10-12-6-4-5-7-14(12)16(2)13(11-17)8-9-15/h4-7,13H,3,8-11H2,1-2H3. The van der Waals surface area contributed by atoms with E-state index in [-0.39, 0.29) is 0 Å². The Morgan fingerprint density at radius 2 is 2.12 bits per heavy atom. The molecule has 2 nitrogen and oxygen atoms in total. The summed E-state index contributed by atoms with van der Waals surface area (Å²) < 4.78 is 0. The Labute approximate surface area is 109 Å². The van der Waals surface area contributed by atoms with Crippen molar-refractivity contribution in [1.29, 1.82) is 0 Å². The smallest absolute Gasteiger partial charge is 0.0425 e. The highest BCUT2D eigenvalue weighted by Crippen LogP contribution is 2.27. The van der Waals surface area contributed by atoms with Crippen LogP contribution in [0.3, 0.4) is 0 Å². The molecule has 0 fully saturated rings. The molecule has 0 aromatic heterocycles. The van der Waals surface area contributed by atoms with E-state index in [4.69, 9.17) is 11.6 Å². The molecule has 17 heavy (non-hydrogen) atoms. The number of hydrogen-bond donors (Lipinski definition) is 0. The first kappa shape index (κ1) is 12.7. The lowest BCUT2D eigenvalue weighted by atomic mass is 10.1. The van der Waals surface area contributed by atoms with E-state index in [1.54, 1.807) is 0 Å². The zero-order valence-corrected chi connectivity index (χ0v) is 11.5. The van der Waals surface area contributed by atoms with Gasteiger partial charge >= 0.3 is 0 Å². The van der Waals surface area contributed by atoms with Gasteiger partial charge in [0.2, 0.25) is 0 Å². The molecule has 0 saturated carbocycles. The van der Waals surface area contributed by atoms with Crippen LogP contribution in [0.2, 0.25) is 0 Å². The Morgan fingerprint density at radius 3 is 2.82 bits per heavy atom. The molecule has 1 aromatic carbocycles. The number of anilines is 1. The maximum atomic E-state index is 5.93. The fraction of sp³-hybridized carbons (Fsp3) is 0.571. The quantitative estimate of drug-likeness (QED) is 0.764. The molecule has 1 atom stereocenters. The molecule has 1 heterocycles. The lowest BCUT2D eigenvalue weighted by molar-refractivity contribution is 0.265. The molecular weight excluding hydrogens is 232 g/mol. The van der Waals surface area contributed by atoms with Gasteiger partial charge in [0.1, 0.15) is 0 Å². The molecule has 0 spiro atoms. The van der Waals surface area contributed by atoms with Crippen molar-refractivity contribution in [3.63, 3.8) is 0 Å². The third-order valence-electron chi connectivity index (χ3n) is 3.67. The highest BCUT2D eigenvalue weighted by molar-refractivity contribution is 6.17. The summed E-state index contributed by atoms with van der Waals surface area (Å²) in [6.45, 7) is 5.48. The van der Waals surface area contributed by atoms with Gasteiger partial charge in [-0.1, -0.05) is 25.1 Å². The maximum Gasteiger partial charge on any atom is 0.0425 e. The van der Waals surface area contributed by atoms with E-state index in [1.807, 2.05) is 0 Å². The SMILES string of the molecule is CCN1Cc2ccccc2N(C)C(CCCl)C1. The average Bonchev–Trinajstić information content (AvgIpc) is 2.49. The van der Waals surface area contributed by atoms with E-state index in [9.17, 15) is 0 Å². The molecule has 1 aliphatic heterocycles. The third kappa shape index (κ3) is 2.75. The lowest BCUT2D eigenvalue weighted by Crippen LogP contribution is -2.39. The average molecular weight is 253 g/mol. The second kappa shape index (κ2) is 5.74. The van der Waals surface area contributed by atoms with Crippen molar-refractivity contribution in [1.82, 2.24) is 4.90 Å². The number of para-hydroxylation sites is 1. The van der Waals surface area contributed by atoms with Crippen LogP contribution in [-0.2, 0) is 6.54 Å². The van der Waals surface area contributed by atoms with Crippen LogP contribution < -0.4 is 4.90 Å². The van der Waals surface area contributed by atoms with Crippen LogP contribution >= 0.6 is 11.6 Å². The summed E-state index contributed by atoms with van der Waals surface area (Å²) in [5, 5.41) is 0. The number of nitrogens with zero attached hydrogens (tertiary/aromatic N) is 2. The summed E-state index contributed by atoms with van der Waals surface area (Å²) in [5.41, 5.74) is 2.78. The van der Waals surface area contributed by atoms with Crippen molar-refractivity contribution in [3.8, 4) is 0 Å². The number of alkyl halides is 1. The second-order valence-corrected chi connectivity index (χ2v) is 5.08. The van der Waals surface area contributed by atoms with Crippen LogP contribution in [0.15, 0.2) is 24.3 Å². The molecule has 94 valence electrons. The van der Waals surface area contributed by atoms with E-state index < -0.39 is 0 Å². The van der Waals surface area contributed by atoms with Crippen LogP contribution in [0.4, 0.5) is 5.69 Å². The number of hydrogen-bond acceptors (Lipinski definition) is 2. The molecule has 3 heteroatoms. The summed E-state index contributed by atoms with van der Waals surface area (Å²) in [5.74, 6) is 0.731. The molecule has 0 N–H and O–H groups in total. The molecule has 0 aliphatic carbocycles. The number of halogens is 1. The van der Waals surface area contributed by atoms with Crippen molar-refractivity contribution in [2.24, 2.45) is 0 Å². The molecule has 1 aliphatic rings. The van der Waals surface area contributed by atoms with Gasteiger partial charge in [0.25, 0.3) is 0 Å². The number of benzene rings is 1. The fourth-order valence-corrected chi connectivity index (χ4v) is 2.81. The Balaban J connectivity index is 2.31. The van der Waals surface area contributed by atoms with Crippen LogP contribution in [0.5, 0.6) is 0 Å². The van der Waals surface area contributed by atoms with Gasteiger partial charge in [-0.15, -0.1) is 11.6 Å². The van der Waals surface area contributed by atoms with Gasteiger partial charge < -0.3 is 4.90 Å². The van der Waals surface area contributed by atoms with Crippen molar-refractivity contribution in [3.05, 3.63) is 29.8 Å². The first-order valence-electron chi connectivity index (χ1n) is 6.35. The van der Waals surface area contributed by atoms with Crippen LogP contribution in [0, 0.1) is 0 Å². The molecule has 2 rings (SSSR count). The molecule has 0 amide bonds. The normalized spacial score (nSPS) is 21.1. The monoisotopic (exact) mass is 252 g/mol. The van der Waals surface area contributed by atoms with Crippen LogP contribution in [0.25, 0.3) is 0 Å². The Bertz CT molecular complexity index is 367. The summed E-state index contributed by atoms with van der Waals surface area (Å²) in [6, 6.07) is 9.22. The van der Waals surface area contributed by atoms with Crippen LogP contribution in [0.1, 0.15) is 18.9 Å². The molecular formula is C14H21ClN2. The largest absolute Gasteiger partial charge is 0.370 e. The third-order valence-corrected chi connectivity index (χ3v) is 3.89. The van der Waals surface area contributed by atoms with Crippen molar-refractivity contribution in [2.75, 3.05) is 30.9 Å². The molecule has 1 aromatic rings. The zero-order chi connectivity index (χ0) is 12.3. The maximum absolute atomic E-state index is 5.93. The minimum atomic E-state index is 0.524. The first-order chi connectivity index (χ1) is 8.26. The Hall–Kier alpha value is -0.730. The second-order valence-electron chi connectivity index (χ2n) is 4.70. The topological polar surface area (TPSA) is 6.48 Å². The van der Waals surface area contributed by atoms with Crippen molar-refractivity contribution >= 4 is 17.3 Å². The van der Waals surface area contributed by atoms with Gasteiger partial charge in [-0.05, 0) is 24.6 Å². The van der Waals surface area contributed by atoms with Crippen LogP contribution in [-0.4, -0.2) is 37.0 Å². The first-order valence-corrected chi connectivity index (χ1v) is 6.88. The van der Waals surface area contributed by atoms with Gasteiger partial charge in [-0.2, -0.15) is 0 Å². The summed E-state index contributed by atoms with van der Waals surface area (Å²) in [6.07, 6.45) is 1.04. The minimum absolute atomic E-state index is 0.524. The Morgan fingerprint density at radius 1 is 1.35 bits per heavy atom. The molecule has 0 radical (unpaired) electrons. The van der Waals surface area contributed by atoms with E-state index in [0.717, 1.165) is 31.9 Å². The van der Waals surface area contributed by atoms with E-state index in [1.165, 1.54) is 11.3 Å². The van der Waals surface area contributed by atoms with E-state index in [2.05, 4.69) is 48.0 Å².